The van der Waals surface area contributed by atoms with Crippen LogP contribution in [-0.2, 0) is 10.0 Å². The van der Waals surface area contributed by atoms with E-state index in [1.807, 2.05) is 19.1 Å². The van der Waals surface area contributed by atoms with Crippen LogP contribution in [0.25, 0.3) is 0 Å². The van der Waals surface area contributed by atoms with Crippen molar-refractivity contribution in [2.75, 3.05) is 4.72 Å². The molecule has 0 aromatic heterocycles. The number of halogens is 1. The molecular formula is C12H16BrNO2S. The second-order valence-corrected chi connectivity index (χ2v) is 7.45. The minimum atomic E-state index is -3.22. The van der Waals surface area contributed by atoms with Gasteiger partial charge in [-0.15, -0.1) is 0 Å². The van der Waals surface area contributed by atoms with Crippen molar-refractivity contribution in [2.45, 2.75) is 37.9 Å². The van der Waals surface area contributed by atoms with Crippen LogP contribution in [0.4, 0.5) is 5.69 Å². The highest BCUT2D eigenvalue weighted by atomic mass is 79.9. The van der Waals surface area contributed by atoms with Crippen LogP contribution in [0.15, 0.2) is 22.7 Å². The van der Waals surface area contributed by atoms with E-state index in [2.05, 4.69) is 20.7 Å². The van der Waals surface area contributed by atoms with Gasteiger partial charge in [0.15, 0.2) is 0 Å². The lowest BCUT2D eigenvalue weighted by molar-refractivity contribution is 0.585. The lowest BCUT2D eigenvalue weighted by atomic mass is 10.2. The van der Waals surface area contributed by atoms with Crippen molar-refractivity contribution in [1.82, 2.24) is 0 Å². The van der Waals surface area contributed by atoms with Crippen LogP contribution in [0.3, 0.4) is 0 Å². The number of rotatable bonds is 3. The largest absolute Gasteiger partial charge is 0.283 e. The molecule has 0 bridgehead atoms. The number of hydrogen-bond donors (Lipinski definition) is 1. The highest BCUT2D eigenvalue weighted by Gasteiger charge is 2.28. The summed E-state index contributed by atoms with van der Waals surface area (Å²) >= 11 is 3.37. The van der Waals surface area contributed by atoms with Gasteiger partial charge in [0, 0.05) is 10.2 Å². The maximum Gasteiger partial charge on any atom is 0.235 e. The van der Waals surface area contributed by atoms with Crippen molar-refractivity contribution in [3.05, 3.63) is 28.2 Å². The molecule has 1 aromatic carbocycles. The van der Waals surface area contributed by atoms with Gasteiger partial charge in [0.1, 0.15) is 0 Å². The van der Waals surface area contributed by atoms with Gasteiger partial charge in [0.05, 0.1) is 5.25 Å². The van der Waals surface area contributed by atoms with Crippen LogP contribution in [0, 0.1) is 6.92 Å². The van der Waals surface area contributed by atoms with E-state index < -0.39 is 10.0 Å². The predicted molar refractivity (Wildman–Crippen MR) is 73.7 cm³/mol. The van der Waals surface area contributed by atoms with E-state index in [1.54, 1.807) is 6.07 Å². The molecule has 1 aromatic rings. The van der Waals surface area contributed by atoms with Gasteiger partial charge in [-0.1, -0.05) is 28.8 Å². The van der Waals surface area contributed by atoms with Crippen LogP contribution in [0.2, 0.25) is 0 Å². The first-order valence-electron chi connectivity index (χ1n) is 5.76. The third-order valence-corrected chi connectivity index (χ3v) is 5.37. The van der Waals surface area contributed by atoms with E-state index in [1.165, 1.54) is 0 Å². The molecular weight excluding hydrogens is 302 g/mol. The Bertz CT molecular complexity index is 487. The van der Waals surface area contributed by atoms with Crippen LogP contribution in [0.1, 0.15) is 31.2 Å². The van der Waals surface area contributed by atoms with Gasteiger partial charge in [-0.3, -0.25) is 4.72 Å². The summed E-state index contributed by atoms with van der Waals surface area (Å²) in [7, 11) is -3.22. The average Bonchev–Trinajstić information content (AvgIpc) is 2.67. The molecule has 0 radical (unpaired) electrons. The SMILES string of the molecule is Cc1cc(Br)cc(NS(=O)(=O)C2CCCC2)c1. The molecule has 0 aliphatic heterocycles. The zero-order valence-electron chi connectivity index (χ0n) is 9.74. The molecule has 1 aliphatic carbocycles. The summed E-state index contributed by atoms with van der Waals surface area (Å²) in [5.74, 6) is 0. The van der Waals surface area contributed by atoms with Gasteiger partial charge in [-0.2, -0.15) is 0 Å². The number of benzene rings is 1. The van der Waals surface area contributed by atoms with Gasteiger partial charge >= 0.3 is 0 Å². The van der Waals surface area contributed by atoms with Crippen molar-refractivity contribution in [1.29, 1.82) is 0 Å². The van der Waals surface area contributed by atoms with Crippen molar-refractivity contribution < 1.29 is 8.42 Å². The standard InChI is InChI=1S/C12H16BrNO2S/c1-9-6-10(13)8-11(7-9)14-17(15,16)12-4-2-3-5-12/h6-8,12,14H,2-5H2,1H3. The Hall–Kier alpha value is -0.550. The Labute approximate surface area is 111 Å². The number of anilines is 1. The summed E-state index contributed by atoms with van der Waals surface area (Å²) in [5, 5.41) is -0.221. The fourth-order valence-electron chi connectivity index (χ4n) is 2.24. The lowest BCUT2D eigenvalue weighted by Crippen LogP contribution is -2.25. The Balaban J connectivity index is 2.19. The molecule has 0 heterocycles. The van der Waals surface area contributed by atoms with Crippen molar-refractivity contribution in [3.63, 3.8) is 0 Å². The second kappa shape index (κ2) is 4.98. The highest BCUT2D eigenvalue weighted by molar-refractivity contribution is 9.10. The Morgan fingerprint density at radius 2 is 1.88 bits per heavy atom. The number of nitrogens with one attached hydrogen (secondary N) is 1. The third-order valence-electron chi connectivity index (χ3n) is 3.04. The molecule has 1 aliphatic rings. The monoisotopic (exact) mass is 317 g/mol. The molecule has 1 fully saturated rings. The minimum Gasteiger partial charge on any atom is -0.283 e. The van der Waals surface area contributed by atoms with Gasteiger partial charge in [-0.05, 0) is 43.5 Å². The Kier molecular flexibility index (Phi) is 3.78. The average molecular weight is 318 g/mol. The van der Waals surface area contributed by atoms with E-state index in [0.29, 0.717) is 5.69 Å². The molecule has 0 amide bonds. The predicted octanol–water partition coefficient (Wildman–Crippen LogP) is 3.44. The molecule has 1 saturated carbocycles. The fraction of sp³-hybridized carbons (Fsp3) is 0.500. The number of aryl methyl sites for hydroxylation is 1. The van der Waals surface area contributed by atoms with Crippen LogP contribution >= 0.6 is 15.9 Å². The lowest BCUT2D eigenvalue weighted by Gasteiger charge is -2.14. The van der Waals surface area contributed by atoms with E-state index in [0.717, 1.165) is 35.7 Å². The van der Waals surface area contributed by atoms with Crippen molar-refractivity contribution >= 4 is 31.6 Å². The molecule has 0 spiro atoms. The van der Waals surface area contributed by atoms with Crippen molar-refractivity contribution in [3.8, 4) is 0 Å². The summed E-state index contributed by atoms with van der Waals surface area (Å²) in [6.45, 7) is 1.94. The Morgan fingerprint density at radius 1 is 1.24 bits per heavy atom. The fourth-order valence-corrected chi connectivity index (χ4v) is 4.42. The Morgan fingerprint density at radius 3 is 2.47 bits per heavy atom. The molecule has 0 atom stereocenters. The van der Waals surface area contributed by atoms with E-state index in [-0.39, 0.29) is 5.25 Å². The molecule has 0 saturated heterocycles. The minimum absolute atomic E-state index is 0.221. The summed E-state index contributed by atoms with van der Waals surface area (Å²) in [4.78, 5) is 0. The molecule has 2 rings (SSSR count). The number of sulfonamides is 1. The zero-order chi connectivity index (χ0) is 12.5. The number of hydrogen-bond acceptors (Lipinski definition) is 2. The summed E-state index contributed by atoms with van der Waals surface area (Å²) in [6.07, 6.45) is 3.59. The van der Waals surface area contributed by atoms with Gasteiger partial charge in [-0.25, -0.2) is 8.42 Å². The topological polar surface area (TPSA) is 46.2 Å². The molecule has 17 heavy (non-hydrogen) atoms. The molecule has 0 unspecified atom stereocenters. The summed E-state index contributed by atoms with van der Waals surface area (Å²) < 4.78 is 27.8. The molecule has 5 heteroatoms. The van der Waals surface area contributed by atoms with Crippen LogP contribution in [0.5, 0.6) is 0 Å². The van der Waals surface area contributed by atoms with E-state index in [9.17, 15) is 8.42 Å². The van der Waals surface area contributed by atoms with Gasteiger partial charge < -0.3 is 0 Å². The zero-order valence-corrected chi connectivity index (χ0v) is 12.1. The first-order chi connectivity index (χ1) is 7.97. The van der Waals surface area contributed by atoms with Gasteiger partial charge in [0.25, 0.3) is 0 Å². The first-order valence-corrected chi connectivity index (χ1v) is 8.10. The second-order valence-electron chi connectivity index (χ2n) is 4.57. The van der Waals surface area contributed by atoms with Gasteiger partial charge in [0.2, 0.25) is 10.0 Å². The third kappa shape index (κ3) is 3.22. The molecule has 94 valence electrons. The van der Waals surface area contributed by atoms with Crippen LogP contribution in [-0.4, -0.2) is 13.7 Å². The first kappa shape index (κ1) is 12.9. The van der Waals surface area contributed by atoms with E-state index in [4.69, 9.17) is 0 Å². The quantitative estimate of drug-likeness (QED) is 0.928. The summed E-state index contributed by atoms with van der Waals surface area (Å²) in [5.41, 5.74) is 1.67. The molecule has 1 N–H and O–H groups in total. The van der Waals surface area contributed by atoms with E-state index >= 15 is 0 Å². The maximum atomic E-state index is 12.1. The molecule has 3 nitrogen and oxygen atoms in total. The smallest absolute Gasteiger partial charge is 0.235 e. The maximum absolute atomic E-state index is 12.1. The van der Waals surface area contributed by atoms with Crippen LogP contribution < -0.4 is 4.72 Å². The van der Waals surface area contributed by atoms with Crippen molar-refractivity contribution in [2.24, 2.45) is 0 Å². The highest BCUT2D eigenvalue weighted by Crippen LogP contribution is 2.27. The summed E-state index contributed by atoms with van der Waals surface area (Å²) in [6, 6.07) is 5.59. The normalized spacial score (nSPS) is 17.3.